The van der Waals surface area contributed by atoms with Gasteiger partial charge in [-0.05, 0) is 12.1 Å². The van der Waals surface area contributed by atoms with Gasteiger partial charge in [-0.1, -0.05) is 0 Å². The standard InChI is InChI=1S/C9H5F3N2O2/c10-9(11,12)5-3-7-6(1-2-13-7)8(4-5)14(15)16/h1-4,13H. The molecular formula is C9H5F3N2O2. The number of rotatable bonds is 1. The summed E-state index contributed by atoms with van der Waals surface area (Å²) in [4.78, 5) is 12.3. The van der Waals surface area contributed by atoms with Crippen molar-refractivity contribution in [2.75, 3.05) is 0 Å². The number of nitro groups is 1. The molecule has 0 bridgehead atoms. The van der Waals surface area contributed by atoms with Gasteiger partial charge in [0.25, 0.3) is 5.69 Å². The minimum Gasteiger partial charge on any atom is -0.361 e. The maximum absolute atomic E-state index is 12.4. The van der Waals surface area contributed by atoms with E-state index in [4.69, 9.17) is 0 Å². The third-order valence-corrected chi connectivity index (χ3v) is 2.17. The molecule has 2 rings (SSSR count). The van der Waals surface area contributed by atoms with Crippen molar-refractivity contribution in [3.63, 3.8) is 0 Å². The van der Waals surface area contributed by atoms with Crippen molar-refractivity contribution in [3.8, 4) is 0 Å². The molecular weight excluding hydrogens is 225 g/mol. The Kier molecular flexibility index (Phi) is 2.11. The first kappa shape index (κ1) is 10.5. The SMILES string of the molecule is O=[N+]([O-])c1cc(C(F)(F)F)cc2[nH]ccc12. The molecule has 0 amide bonds. The molecule has 1 aromatic carbocycles. The fourth-order valence-electron chi connectivity index (χ4n) is 1.46. The van der Waals surface area contributed by atoms with Crippen LogP contribution < -0.4 is 0 Å². The first-order valence-electron chi connectivity index (χ1n) is 4.22. The summed E-state index contributed by atoms with van der Waals surface area (Å²) < 4.78 is 37.3. The lowest BCUT2D eigenvalue weighted by atomic mass is 10.1. The molecule has 0 aliphatic carbocycles. The summed E-state index contributed by atoms with van der Waals surface area (Å²) in [6, 6.07) is 2.76. The molecule has 0 atom stereocenters. The molecule has 0 saturated carbocycles. The van der Waals surface area contributed by atoms with E-state index < -0.39 is 22.4 Å². The minimum atomic E-state index is -4.59. The second-order valence-electron chi connectivity index (χ2n) is 3.19. The van der Waals surface area contributed by atoms with Crippen LogP contribution in [0.3, 0.4) is 0 Å². The Labute approximate surface area is 86.8 Å². The van der Waals surface area contributed by atoms with E-state index in [2.05, 4.69) is 4.98 Å². The largest absolute Gasteiger partial charge is 0.416 e. The summed E-state index contributed by atoms with van der Waals surface area (Å²) >= 11 is 0. The number of aromatic nitrogens is 1. The van der Waals surface area contributed by atoms with Crippen LogP contribution in [0.25, 0.3) is 10.9 Å². The second-order valence-corrected chi connectivity index (χ2v) is 3.19. The van der Waals surface area contributed by atoms with E-state index in [1.807, 2.05) is 0 Å². The van der Waals surface area contributed by atoms with Crippen LogP contribution in [0, 0.1) is 10.1 Å². The van der Waals surface area contributed by atoms with Gasteiger partial charge in [-0.2, -0.15) is 13.2 Å². The molecule has 0 spiro atoms. The molecule has 1 N–H and O–H groups in total. The number of H-pyrrole nitrogens is 1. The number of alkyl halides is 3. The Morgan fingerprint density at radius 1 is 1.31 bits per heavy atom. The molecule has 0 fully saturated rings. The predicted octanol–water partition coefficient (Wildman–Crippen LogP) is 3.09. The van der Waals surface area contributed by atoms with E-state index in [-0.39, 0.29) is 10.9 Å². The van der Waals surface area contributed by atoms with Crippen LogP contribution >= 0.6 is 0 Å². The average molecular weight is 230 g/mol. The number of aromatic amines is 1. The summed E-state index contributed by atoms with van der Waals surface area (Å²) in [5, 5.41) is 10.8. The van der Waals surface area contributed by atoms with E-state index in [9.17, 15) is 23.3 Å². The molecule has 0 aliphatic rings. The Hall–Kier alpha value is -2.05. The molecule has 0 saturated heterocycles. The summed E-state index contributed by atoms with van der Waals surface area (Å²) in [6.45, 7) is 0. The van der Waals surface area contributed by atoms with Crippen molar-refractivity contribution in [3.05, 3.63) is 40.1 Å². The summed E-state index contributed by atoms with van der Waals surface area (Å²) in [7, 11) is 0. The smallest absolute Gasteiger partial charge is 0.361 e. The number of benzene rings is 1. The van der Waals surface area contributed by atoms with Gasteiger partial charge in [0.2, 0.25) is 0 Å². The molecule has 0 unspecified atom stereocenters. The third kappa shape index (κ3) is 1.60. The number of halogens is 3. The molecule has 1 aromatic heterocycles. The second kappa shape index (κ2) is 3.22. The molecule has 0 radical (unpaired) electrons. The fourth-order valence-corrected chi connectivity index (χ4v) is 1.46. The number of non-ortho nitro benzene ring substituents is 1. The van der Waals surface area contributed by atoms with Gasteiger partial charge in [-0.25, -0.2) is 0 Å². The van der Waals surface area contributed by atoms with Crippen LogP contribution in [0.4, 0.5) is 18.9 Å². The van der Waals surface area contributed by atoms with Gasteiger partial charge in [0, 0.05) is 12.3 Å². The number of nitro benzene ring substituents is 1. The van der Waals surface area contributed by atoms with E-state index in [1.165, 1.54) is 12.3 Å². The molecule has 84 valence electrons. The van der Waals surface area contributed by atoms with Crippen LogP contribution in [0.2, 0.25) is 0 Å². The summed E-state index contributed by atoms with van der Waals surface area (Å²) in [5.74, 6) is 0. The highest BCUT2D eigenvalue weighted by atomic mass is 19.4. The molecule has 16 heavy (non-hydrogen) atoms. The van der Waals surface area contributed by atoms with Crippen LogP contribution in [-0.2, 0) is 6.18 Å². The van der Waals surface area contributed by atoms with Crippen molar-refractivity contribution in [2.45, 2.75) is 6.18 Å². The molecule has 7 heteroatoms. The minimum absolute atomic E-state index is 0.0986. The van der Waals surface area contributed by atoms with Gasteiger partial charge < -0.3 is 4.98 Å². The van der Waals surface area contributed by atoms with E-state index in [0.29, 0.717) is 6.07 Å². The van der Waals surface area contributed by atoms with Crippen LogP contribution in [0.1, 0.15) is 5.56 Å². The van der Waals surface area contributed by atoms with Crippen molar-refractivity contribution < 1.29 is 18.1 Å². The zero-order chi connectivity index (χ0) is 11.9. The zero-order valence-corrected chi connectivity index (χ0v) is 7.71. The lowest BCUT2D eigenvalue weighted by Crippen LogP contribution is -2.05. The molecule has 1 heterocycles. The number of fused-ring (bicyclic) bond motifs is 1. The average Bonchev–Trinajstić information content (AvgIpc) is 2.61. The van der Waals surface area contributed by atoms with Gasteiger partial charge in [-0.3, -0.25) is 10.1 Å². The quantitative estimate of drug-likeness (QED) is 0.604. The molecule has 4 nitrogen and oxygen atoms in total. The molecule has 0 aliphatic heterocycles. The predicted molar refractivity (Wildman–Crippen MR) is 50.0 cm³/mol. The first-order chi connectivity index (χ1) is 7.39. The fraction of sp³-hybridized carbons (Fsp3) is 0.111. The first-order valence-corrected chi connectivity index (χ1v) is 4.22. The van der Waals surface area contributed by atoms with Crippen LogP contribution in [0.15, 0.2) is 24.4 Å². The molecule has 2 aromatic rings. The monoisotopic (exact) mass is 230 g/mol. The normalized spacial score (nSPS) is 11.9. The Morgan fingerprint density at radius 3 is 2.56 bits per heavy atom. The number of nitrogens with one attached hydrogen (secondary N) is 1. The summed E-state index contributed by atoms with van der Waals surface area (Å²) in [5.41, 5.74) is -1.48. The number of hydrogen-bond donors (Lipinski definition) is 1. The van der Waals surface area contributed by atoms with Crippen molar-refractivity contribution >= 4 is 16.6 Å². The lowest BCUT2D eigenvalue weighted by Gasteiger charge is -2.06. The van der Waals surface area contributed by atoms with Gasteiger partial charge in [-0.15, -0.1) is 0 Å². The zero-order valence-electron chi connectivity index (χ0n) is 7.71. The number of nitrogens with zero attached hydrogens (tertiary/aromatic N) is 1. The van der Waals surface area contributed by atoms with Crippen molar-refractivity contribution in [1.82, 2.24) is 4.98 Å². The van der Waals surface area contributed by atoms with Crippen LogP contribution in [-0.4, -0.2) is 9.91 Å². The third-order valence-electron chi connectivity index (χ3n) is 2.17. The topological polar surface area (TPSA) is 58.9 Å². The summed E-state index contributed by atoms with van der Waals surface area (Å²) in [6.07, 6.45) is -3.23. The van der Waals surface area contributed by atoms with Gasteiger partial charge >= 0.3 is 6.18 Å². The van der Waals surface area contributed by atoms with Gasteiger partial charge in [0.15, 0.2) is 0 Å². The number of hydrogen-bond acceptors (Lipinski definition) is 2. The Morgan fingerprint density at radius 2 is 2.00 bits per heavy atom. The maximum atomic E-state index is 12.4. The van der Waals surface area contributed by atoms with Gasteiger partial charge in [0.1, 0.15) is 0 Å². The Bertz CT molecular complexity index is 559. The van der Waals surface area contributed by atoms with Crippen molar-refractivity contribution in [1.29, 1.82) is 0 Å². The van der Waals surface area contributed by atoms with Crippen LogP contribution in [0.5, 0.6) is 0 Å². The maximum Gasteiger partial charge on any atom is 0.416 e. The highest BCUT2D eigenvalue weighted by Gasteiger charge is 2.33. The highest BCUT2D eigenvalue weighted by molar-refractivity contribution is 5.89. The highest BCUT2D eigenvalue weighted by Crippen LogP contribution is 2.35. The van der Waals surface area contributed by atoms with Crippen molar-refractivity contribution in [2.24, 2.45) is 0 Å². The lowest BCUT2D eigenvalue weighted by molar-refractivity contribution is -0.383. The Balaban J connectivity index is 2.76. The van der Waals surface area contributed by atoms with E-state index in [0.717, 1.165) is 6.07 Å². The van der Waals surface area contributed by atoms with Gasteiger partial charge in [0.05, 0.1) is 21.4 Å². The van der Waals surface area contributed by atoms with E-state index in [1.54, 1.807) is 0 Å². The van der Waals surface area contributed by atoms with E-state index >= 15 is 0 Å².